The second-order valence-electron chi connectivity index (χ2n) is 4.91. The molecule has 0 spiro atoms. The van der Waals surface area contributed by atoms with Crippen LogP contribution in [0, 0.1) is 0 Å². The van der Waals surface area contributed by atoms with Gasteiger partial charge in [0.1, 0.15) is 6.10 Å². The Morgan fingerprint density at radius 3 is 2.71 bits per heavy atom. The lowest BCUT2D eigenvalue weighted by Crippen LogP contribution is -2.41. The molecule has 2 aliphatic rings. The van der Waals surface area contributed by atoms with Gasteiger partial charge in [-0.3, -0.25) is 14.5 Å². The molecule has 2 saturated heterocycles. The third-order valence-corrected chi connectivity index (χ3v) is 3.70. The van der Waals surface area contributed by atoms with Gasteiger partial charge in [0, 0.05) is 39.0 Å². The minimum Gasteiger partial charge on any atom is -0.461 e. The molecular formula is C12H20N2O3. The minimum atomic E-state index is -0.192. The monoisotopic (exact) mass is 240 g/mol. The molecule has 0 aromatic carbocycles. The third-order valence-electron chi connectivity index (χ3n) is 3.70. The van der Waals surface area contributed by atoms with Crippen molar-refractivity contribution < 1.29 is 14.3 Å². The molecule has 5 heteroatoms. The number of nitrogens with zero attached hydrogens (tertiary/aromatic N) is 1. The van der Waals surface area contributed by atoms with Gasteiger partial charge in [0.25, 0.3) is 0 Å². The highest BCUT2D eigenvalue weighted by Crippen LogP contribution is 2.34. The molecule has 1 N–H and O–H groups in total. The Balaban J connectivity index is 1.88. The molecular weight excluding hydrogens is 220 g/mol. The van der Waals surface area contributed by atoms with Crippen molar-refractivity contribution in [2.24, 2.45) is 0 Å². The first kappa shape index (κ1) is 12.4. The van der Waals surface area contributed by atoms with Gasteiger partial charge in [0.2, 0.25) is 5.91 Å². The highest BCUT2D eigenvalue weighted by Gasteiger charge is 2.43. The summed E-state index contributed by atoms with van der Waals surface area (Å²) in [5.74, 6) is -0.175. The van der Waals surface area contributed by atoms with Crippen molar-refractivity contribution in [2.45, 2.75) is 51.3 Å². The lowest BCUT2D eigenvalue weighted by Gasteiger charge is -2.25. The number of carbonyl (C=O) groups excluding carboxylic acids is 2. The average molecular weight is 240 g/mol. The predicted octanol–water partition coefficient (Wildman–Crippen LogP) is 0.291. The van der Waals surface area contributed by atoms with E-state index in [1.54, 1.807) is 0 Å². The van der Waals surface area contributed by atoms with Crippen LogP contribution < -0.4 is 5.32 Å². The van der Waals surface area contributed by atoms with Crippen LogP contribution in [0.25, 0.3) is 0 Å². The molecule has 0 aromatic heterocycles. The molecule has 2 aliphatic heterocycles. The van der Waals surface area contributed by atoms with Gasteiger partial charge in [0.15, 0.2) is 0 Å². The second-order valence-corrected chi connectivity index (χ2v) is 4.91. The van der Waals surface area contributed by atoms with Gasteiger partial charge in [-0.1, -0.05) is 0 Å². The van der Waals surface area contributed by atoms with Crippen LogP contribution in [-0.2, 0) is 14.3 Å². The summed E-state index contributed by atoms with van der Waals surface area (Å²) in [4.78, 5) is 24.3. The zero-order chi connectivity index (χ0) is 12.4. The number of amides is 1. The Labute approximate surface area is 101 Å². The van der Waals surface area contributed by atoms with E-state index in [0.29, 0.717) is 18.6 Å². The molecule has 0 radical (unpaired) electrons. The van der Waals surface area contributed by atoms with E-state index < -0.39 is 0 Å². The maximum Gasteiger partial charge on any atom is 0.302 e. The molecule has 1 amide bonds. The predicted molar refractivity (Wildman–Crippen MR) is 62.4 cm³/mol. The highest BCUT2D eigenvalue weighted by molar-refractivity contribution is 5.72. The van der Waals surface area contributed by atoms with Gasteiger partial charge < -0.3 is 10.1 Å². The smallest absolute Gasteiger partial charge is 0.302 e. The fourth-order valence-electron chi connectivity index (χ4n) is 3.01. The Morgan fingerprint density at radius 2 is 2.06 bits per heavy atom. The Morgan fingerprint density at radius 1 is 1.29 bits per heavy atom. The van der Waals surface area contributed by atoms with Crippen molar-refractivity contribution >= 4 is 11.9 Å². The largest absolute Gasteiger partial charge is 0.461 e. The number of esters is 1. The maximum atomic E-state index is 11.0. The van der Waals surface area contributed by atoms with Crippen molar-refractivity contribution in [1.29, 1.82) is 0 Å². The summed E-state index contributed by atoms with van der Waals surface area (Å²) in [7, 11) is 0. The topological polar surface area (TPSA) is 58.6 Å². The van der Waals surface area contributed by atoms with E-state index >= 15 is 0 Å². The normalized spacial score (nSPS) is 32.2. The number of hydrogen-bond donors (Lipinski definition) is 1. The molecule has 17 heavy (non-hydrogen) atoms. The van der Waals surface area contributed by atoms with Crippen LogP contribution in [0.1, 0.15) is 33.1 Å². The third kappa shape index (κ3) is 2.77. The summed E-state index contributed by atoms with van der Waals surface area (Å²) in [5.41, 5.74) is 0. The summed E-state index contributed by atoms with van der Waals surface area (Å²) in [6.45, 7) is 4.68. The van der Waals surface area contributed by atoms with E-state index in [1.165, 1.54) is 13.8 Å². The molecule has 2 heterocycles. The van der Waals surface area contributed by atoms with Gasteiger partial charge in [0.05, 0.1) is 0 Å². The van der Waals surface area contributed by atoms with Crippen LogP contribution in [-0.4, -0.2) is 48.1 Å². The quantitative estimate of drug-likeness (QED) is 0.720. The molecule has 2 fully saturated rings. The number of ether oxygens (including phenoxy) is 1. The molecule has 0 saturated carbocycles. The van der Waals surface area contributed by atoms with Gasteiger partial charge in [-0.25, -0.2) is 0 Å². The summed E-state index contributed by atoms with van der Waals surface area (Å²) in [6.07, 6.45) is 3.10. The Kier molecular flexibility index (Phi) is 3.66. The standard InChI is InChI=1S/C12H20N2O3/c1-8(15)13-7-10-3-4-11-12(17-9(2)16)5-6-14(10)11/h10-12H,3-7H2,1-2H3,(H,13,15)/t10-,11-,12-/m0/s1. The van der Waals surface area contributed by atoms with Crippen LogP contribution >= 0.6 is 0 Å². The zero-order valence-corrected chi connectivity index (χ0v) is 10.4. The first-order chi connectivity index (χ1) is 8.08. The van der Waals surface area contributed by atoms with Gasteiger partial charge in [-0.05, 0) is 19.3 Å². The van der Waals surface area contributed by atoms with Crippen LogP contribution in [0.4, 0.5) is 0 Å². The van der Waals surface area contributed by atoms with Crippen LogP contribution in [0.3, 0.4) is 0 Å². The highest BCUT2D eigenvalue weighted by atomic mass is 16.5. The SMILES string of the molecule is CC(=O)NC[C@@H]1CC[C@H]2[C@@H](OC(C)=O)CCN12. The zero-order valence-electron chi connectivity index (χ0n) is 10.4. The van der Waals surface area contributed by atoms with Crippen LogP contribution in [0.5, 0.6) is 0 Å². The fraction of sp³-hybridized carbons (Fsp3) is 0.833. The van der Waals surface area contributed by atoms with E-state index in [-0.39, 0.29) is 18.0 Å². The van der Waals surface area contributed by atoms with Crippen LogP contribution in [0.2, 0.25) is 0 Å². The summed E-state index contributed by atoms with van der Waals surface area (Å²) < 4.78 is 5.33. The van der Waals surface area contributed by atoms with E-state index in [4.69, 9.17) is 4.74 Å². The van der Waals surface area contributed by atoms with E-state index in [9.17, 15) is 9.59 Å². The molecule has 5 nitrogen and oxygen atoms in total. The summed E-state index contributed by atoms with van der Waals surface area (Å²) >= 11 is 0. The van der Waals surface area contributed by atoms with Crippen LogP contribution in [0.15, 0.2) is 0 Å². The molecule has 2 rings (SSSR count). The van der Waals surface area contributed by atoms with Crippen molar-refractivity contribution in [3.05, 3.63) is 0 Å². The number of fused-ring (bicyclic) bond motifs is 1. The van der Waals surface area contributed by atoms with Gasteiger partial charge in [-0.15, -0.1) is 0 Å². The first-order valence-corrected chi connectivity index (χ1v) is 6.25. The molecule has 3 atom stereocenters. The fourth-order valence-corrected chi connectivity index (χ4v) is 3.01. The molecule has 0 bridgehead atoms. The molecule has 96 valence electrons. The summed E-state index contributed by atoms with van der Waals surface area (Å²) in [5, 5.41) is 2.87. The number of hydrogen-bond acceptors (Lipinski definition) is 4. The van der Waals surface area contributed by atoms with E-state index in [2.05, 4.69) is 10.2 Å². The average Bonchev–Trinajstić information content (AvgIpc) is 2.78. The van der Waals surface area contributed by atoms with E-state index in [1.807, 2.05) is 0 Å². The summed E-state index contributed by atoms with van der Waals surface area (Å²) in [6, 6.07) is 0.766. The minimum absolute atomic E-state index is 0.0178. The van der Waals surface area contributed by atoms with Gasteiger partial charge >= 0.3 is 5.97 Å². The Hall–Kier alpha value is -1.10. The number of carbonyl (C=O) groups is 2. The number of rotatable bonds is 3. The lowest BCUT2D eigenvalue weighted by molar-refractivity contribution is -0.147. The van der Waals surface area contributed by atoms with E-state index in [0.717, 1.165) is 25.8 Å². The second kappa shape index (κ2) is 5.04. The van der Waals surface area contributed by atoms with Crippen molar-refractivity contribution in [3.63, 3.8) is 0 Å². The van der Waals surface area contributed by atoms with Crippen molar-refractivity contribution in [3.8, 4) is 0 Å². The Bertz CT molecular complexity index is 319. The lowest BCUT2D eigenvalue weighted by atomic mass is 10.1. The first-order valence-electron chi connectivity index (χ1n) is 6.25. The molecule has 0 aliphatic carbocycles. The van der Waals surface area contributed by atoms with Gasteiger partial charge in [-0.2, -0.15) is 0 Å². The number of nitrogens with one attached hydrogen (secondary N) is 1. The molecule has 0 aromatic rings. The molecule has 0 unspecified atom stereocenters. The van der Waals surface area contributed by atoms with Crippen molar-refractivity contribution in [2.75, 3.05) is 13.1 Å². The maximum absolute atomic E-state index is 11.0. The van der Waals surface area contributed by atoms with Crippen molar-refractivity contribution in [1.82, 2.24) is 10.2 Å².